The number of allylic oxidation sites excluding steroid dienone is 2. The molecule has 0 saturated heterocycles. The topological polar surface area (TPSA) is 46.2 Å². The van der Waals surface area contributed by atoms with E-state index in [1.165, 1.54) is 0 Å². The standard InChI is InChI=1S/C6H7BrClNO/c7-4-2-1-3-5(9)6(4,8)10/h1-3,5,10H,9H2. The van der Waals surface area contributed by atoms with Crippen molar-refractivity contribution in [1.82, 2.24) is 0 Å². The lowest BCUT2D eigenvalue weighted by molar-refractivity contribution is 0.160. The fourth-order valence-corrected chi connectivity index (χ4v) is 1.22. The molecule has 1 aliphatic rings. The Kier molecular flexibility index (Phi) is 2.20. The number of hydrogen-bond donors (Lipinski definition) is 2. The highest BCUT2D eigenvalue weighted by Crippen LogP contribution is 2.32. The fraction of sp³-hybridized carbons (Fsp3) is 0.333. The molecule has 0 aromatic rings. The van der Waals surface area contributed by atoms with Gasteiger partial charge in [-0.2, -0.15) is 0 Å². The second-order valence-corrected chi connectivity index (χ2v) is 3.53. The molecule has 0 aromatic heterocycles. The maximum Gasteiger partial charge on any atom is 0.189 e. The minimum Gasteiger partial charge on any atom is -0.369 e. The lowest BCUT2D eigenvalue weighted by Crippen LogP contribution is -2.43. The van der Waals surface area contributed by atoms with Gasteiger partial charge in [-0.15, -0.1) is 0 Å². The maximum atomic E-state index is 9.39. The van der Waals surface area contributed by atoms with Crippen molar-refractivity contribution >= 4 is 27.5 Å². The van der Waals surface area contributed by atoms with E-state index in [4.69, 9.17) is 17.3 Å². The molecule has 56 valence electrons. The summed E-state index contributed by atoms with van der Waals surface area (Å²) in [6, 6.07) is -0.548. The summed E-state index contributed by atoms with van der Waals surface area (Å²) in [6.45, 7) is 0. The van der Waals surface area contributed by atoms with Gasteiger partial charge in [0.15, 0.2) is 5.06 Å². The highest BCUT2D eigenvalue weighted by atomic mass is 79.9. The van der Waals surface area contributed by atoms with E-state index in [0.717, 1.165) is 0 Å². The minimum atomic E-state index is -1.46. The number of hydrogen-bond acceptors (Lipinski definition) is 2. The summed E-state index contributed by atoms with van der Waals surface area (Å²) in [5.41, 5.74) is 5.46. The fourth-order valence-electron chi connectivity index (χ4n) is 0.663. The molecule has 0 fully saturated rings. The Morgan fingerprint density at radius 2 is 2.40 bits per heavy atom. The van der Waals surface area contributed by atoms with Crippen molar-refractivity contribution < 1.29 is 5.11 Å². The lowest BCUT2D eigenvalue weighted by atomic mass is 10.1. The average Bonchev–Trinajstić information content (AvgIpc) is 1.84. The minimum absolute atomic E-state index is 0.497. The van der Waals surface area contributed by atoms with Gasteiger partial charge in [0.2, 0.25) is 0 Å². The van der Waals surface area contributed by atoms with E-state index in [1.807, 2.05) is 0 Å². The molecule has 0 bridgehead atoms. The van der Waals surface area contributed by atoms with Crippen LogP contribution in [-0.4, -0.2) is 16.2 Å². The molecule has 0 aromatic carbocycles. The highest BCUT2D eigenvalue weighted by Gasteiger charge is 2.34. The van der Waals surface area contributed by atoms with Gasteiger partial charge in [-0.05, 0) is 6.08 Å². The summed E-state index contributed by atoms with van der Waals surface area (Å²) >= 11 is 8.74. The van der Waals surface area contributed by atoms with Crippen molar-refractivity contribution in [2.45, 2.75) is 11.1 Å². The van der Waals surface area contributed by atoms with Crippen molar-refractivity contribution in [2.75, 3.05) is 0 Å². The van der Waals surface area contributed by atoms with Crippen LogP contribution in [-0.2, 0) is 0 Å². The van der Waals surface area contributed by atoms with E-state index in [1.54, 1.807) is 18.2 Å². The van der Waals surface area contributed by atoms with Crippen LogP contribution in [0.4, 0.5) is 0 Å². The Labute approximate surface area is 72.5 Å². The van der Waals surface area contributed by atoms with E-state index >= 15 is 0 Å². The zero-order chi connectivity index (χ0) is 7.78. The molecule has 0 radical (unpaired) electrons. The Morgan fingerprint density at radius 1 is 1.80 bits per heavy atom. The van der Waals surface area contributed by atoms with Gasteiger partial charge >= 0.3 is 0 Å². The van der Waals surface area contributed by atoms with E-state index in [9.17, 15) is 5.11 Å². The molecule has 2 atom stereocenters. The Morgan fingerprint density at radius 3 is 2.80 bits per heavy atom. The van der Waals surface area contributed by atoms with E-state index in [0.29, 0.717) is 4.48 Å². The highest BCUT2D eigenvalue weighted by molar-refractivity contribution is 9.11. The van der Waals surface area contributed by atoms with Gasteiger partial charge < -0.3 is 10.8 Å². The first-order valence-electron chi connectivity index (χ1n) is 2.76. The van der Waals surface area contributed by atoms with Crippen molar-refractivity contribution in [2.24, 2.45) is 5.73 Å². The van der Waals surface area contributed by atoms with Gasteiger partial charge in [-0.3, -0.25) is 0 Å². The van der Waals surface area contributed by atoms with Crippen molar-refractivity contribution in [1.29, 1.82) is 0 Å². The zero-order valence-electron chi connectivity index (χ0n) is 5.09. The summed E-state index contributed by atoms with van der Waals surface area (Å²) in [5, 5.41) is 7.92. The number of halogens is 2. The van der Waals surface area contributed by atoms with Crippen LogP contribution >= 0.6 is 27.5 Å². The van der Waals surface area contributed by atoms with Crippen LogP contribution in [0.25, 0.3) is 0 Å². The summed E-state index contributed by atoms with van der Waals surface area (Å²) in [5.74, 6) is 0. The van der Waals surface area contributed by atoms with Gasteiger partial charge in [0.1, 0.15) is 0 Å². The smallest absolute Gasteiger partial charge is 0.189 e. The molecular weight excluding hydrogens is 217 g/mol. The van der Waals surface area contributed by atoms with Crippen LogP contribution < -0.4 is 5.73 Å². The number of rotatable bonds is 0. The first-order chi connectivity index (χ1) is 4.55. The molecule has 10 heavy (non-hydrogen) atoms. The van der Waals surface area contributed by atoms with Gasteiger partial charge in [0, 0.05) is 4.48 Å². The Balaban J connectivity index is 2.93. The number of alkyl halides is 1. The van der Waals surface area contributed by atoms with Gasteiger partial charge in [-0.25, -0.2) is 0 Å². The van der Waals surface area contributed by atoms with Crippen LogP contribution in [0.3, 0.4) is 0 Å². The van der Waals surface area contributed by atoms with Crippen LogP contribution in [0.1, 0.15) is 0 Å². The quantitative estimate of drug-likeness (QED) is 0.605. The van der Waals surface area contributed by atoms with Crippen molar-refractivity contribution in [3.05, 3.63) is 22.7 Å². The third-order valence-electron chi connectivity index (χ3n) is 1.34. The molecule has 0 amide bonds. The maximum absolute atomic E-state index is 9.39. The third-order valence-corrected chi connectivity index (χ3v) is 2.89. The predicted octanol–water partition coefficient (Wildman–Crippen LogP) is 1.09. The van der Waals surface area contributed by atoms with Gasteiger partial charge in [0.25, 0.3) is 0 Å². The second-order valence-electron chi connectivity index (χ2n) is 2.10. The molecule has 0 spiro atoms. The van der Waals surface area contributed by atoms with Crippen LogP contribution in [0.5, 0.6) is 0 Å². The summed E-state index contributed by atoms with van der Waals surface area (Å²) in [4.78, 5) is 0. The van der Waals surface area contributed by atoms with Gasteiger partial charge in [0.05, 0.1) is 6.04 Å². The molecule has 2 nitrogen and oxygen atoms in total. The van der Waals surface area contributed by atoms with Crippen LogP contribution in [0, 0.1) is 0 Å². The lowest BCUT2D eigenvalue weighted by Gasteiger charge is -2.27. The van der Waals surface area contributed by atoms with Crippen LogP contribution in [0.15, 0.2) is 22.7 Å². The first-order valence-corrected chi connectivity index (χ1v) is 3.93. The summed E-state index contributed by atoms with van der Waals surface area (Å²) in [7, 11) is 0. The van der Waals surface area contributed by atoms with E-state index in [2.05, 4.69) is 15.9 Å². The number of nitrogens with two attached hydrogens (primary N) is 1. The van der Waals surface area contributed by atoms with Crippen molar-refractivity contribution in [3.63, 3.8) is 0 Å². The third kappa shape index (κ3) is 1.27. The normalized spacial score (nSPS) is 39.6. The molecule has 2 unspecified atom stereocenters. The average molecular weight is 224 g/mol. The molecule has 4 heteroatoms. The molecule has 0 aliphatic heterocycles. The molecular formula is C6H7BrClNO. The number of aliphatic hydroxyl groups is 1. The van der Waals surface area contributed by atoms with E-state index < -0.39 is 11.1 Å². The Bertz CT molecular complexity index is 200. The van der Waals surface area contributed by atoms with Crippen molar-refractivity contribution in [3.8, 4) is 0 Å². The largest absolute Gasteiger partial charge is 0.369 e. The molecule has 0 saturated carbocycles. The summed E-state index contributed by atoms with van der Waals surface area (Å²) < 4.78 is 0.497. The first kappa shape index (κ1) is 8.27. The van der Waals surface area contributed by atoms with Gasteiger partial charge in [-0.1, -0.05) is 39.7 Å². The molecule has 1 rings (SSSR count). The van der Waals surface area contributed by atoms with E-state index in [-0.39, 0.29) is 0 Å². The Hall–Kier alpha value is 0.170. The monoisotopic (exact) mass is 223 g/mol. The molecule has 3 N–H and O–H groups in total. The second kappa shape index (κ2) is 2.66. The predicted molar refractivity (Wildman–Crippen MR) is 44.9 cm³/mol. The van der Waals surface area contributed by atoms with Crippen LogP contribution in [0.2, 0.25) is 0 Å². The molecule has 0 heterocycles. The summed E-state index contributed by atoms with van der Waals surface area (Å²) in [6.07, 6.45) is 5.04. The zero-order valence-corrected chi connectivity index (χ0v) is 7.43. The SMILES string of the molecule is NC1C=CC=C(Br)C1(O)Cl. The molecule has 1 aliphatic carbocycles.